The molecule has 1 aliphatic heterocycles. The van der Waals surface area contributed by atoms with E-state index in [1.807, 2.05) is 0 Å². The molecule has 2 rings (SSSR count). The van der Waals surface area contributed by atoms with Gasteiger partial charge < -0.3 is 15.7 Å². The van der Waals surface area contributed by atoms with Crippen LogP contribution in [0.15, 0.2) is 11.0 Å². The first-order chi connectivity index (χ1) is 8.89. The lowest BCUT2D eigenvalue weighted by Gasteiger charge is -2.22. The molecule has 0 amide bonds. The van der Waals surface area contributed by atoms with Crippen LogP contribution in [0.5, 0.6) is 0 Å². The lowest BCUT2D eigenvalue weighted by Crippen LogP contribution is -2.50. The van der Waals surface area contributed by atoms with Crippen molar-refractivity contribution in [1.29, 1.82) is 0 Å². The normalized spacial score (nSPS) is 22.8. The highest BCUT2D eigenvalue weighted by molar-refractivity contribution is 6.33. The molecule has 0 spiro atoms. The van der Waals surface area contributed by atoms with Crippen LogP contribution in [0.3, 0.4) is 0 Å². The molecule has 3 N–H and O–H groups in total. The summed E-state index contributed by atoms with van der Waals surface area (Å²) in [6.07, 6.45) is 1.77. The van der Waals surface area contributed by atoms with Crippen LogP contribution in [0.4, 0.5) is 5.69 Å². The van der Waals surface area contributed by atoms with Gasteiger partial charge in [-0.15, -0.1) is 0 Å². The van der Waals surface area contributed by atoms with Crippen molar-refractivity contribution < 1.29 is 9.90 Å². The Morgan fingerprint density at radius 1 is 1.68 bits per heavy atom. The largest absolute Gasteiger partial charge is 0.480 e. The second kappa shape index (κ2) is 4.82. The highest BCUT2D eigenvalue weighted by Crippen LogP contribution is 2.28. The molecule has 1 aromatic heterocycles. The van der Waals surface area contributed by atoms with Crippen LogP contribution < -0.4 is 16.2 Å². The predicted octanol–water partition coefficient (Wildman–Crippen LogP) is -0.0912. The maximum Gasteiger partial charge on any atom is 0.325 e. The summed E-state index contributed by atoms with van der Waals surface area (Å²) < 4.78 is 1.24. The molecule has 1 aliphatic rings. The number of carboxylic acids is 1. The average molecular weight is 287 g/mol. The minimum absolute atomic E-state index is 0.0477. The van der Waals surface area contributed by atoms with E-state index in [1.54, 1.807) is 11.8 Å². The standard InChI is InChI=1S/C11H15ClN4O3/c1-2-16-9(17)8(12)7(5-14-16)15-4-3-11(13,6-15)10(18)19/h5H,2-4,6,13H2,1H3,(H,18,19). The summed E-state index contributed by atoms with van der Waals surface area (Å²) in [6, 6.07) is 0. The zero-order valence-corrected chi connectivity index (χ0v) is 11.2. The maximum absolute atomic E-state index is 11.9. The van der Waals surface area contributed by atoms with E-state index in [2.05, 4.69) is 5.10 Å². The number of halogens is 1. The Kier molecular flexibility index (Phi) is 3.51. The molecule has 1 fully saturated rings. The minimum atomic E-state index is -1.30. The Morgan fingerprint density at radius 3 is 2.89 bits per heavy atom. The van der Waals surface area contributed by atoms with Gasteiger partial charge in [-0.05, 0) is 13.3 Å². The zero-order chi connectivity index (χ0) is 14.2. The second-order valence-electron chi connectivity index (χ2n) is 4.60. The van der Waals surface area contributed by atoms with Crippen molar-refractivity contribution in [3.8, 4) is 0 Å². The topological polar surface area (TPSA) is 101 Å². The number of hydrogen-bond donors (Lipinski definition) is 2. The molecule has 7 nitrogen and oxygen atoms in total. The third-order valence-electron chi connectivity index (χ3n) is 3.33. The molecule has 0 radical (unpaired) electrons. The summed E-state index contributed by atoms with van der Waals surface area (Å²) in [6.45, 7) is 2.75. The third-order valence-corrected chi connectivity index (χ3v) is 3.69. The molecule has 8 heteroatoms. The van der Waals surface area contributed by atoms with Crippen molar-refractivity contribution in [3.63, 3.8) is 0 Å². The van der Waals surface area contributed by atoms with Crippen LogP contribution >= 0.6 is 11.6 Å². The van der Waals surface area contributed by atoms with E-state index in [1.165, 1.54) is 10.9 Å². The second-order valence-corrected chi connectivity index (χ2v) is 4.98. The number of carboxylic acid groups (broad SMARTS) is 1. The van der Waals surface area contributed by atoms with Gasteiger partial charge in [0.25, 0.3) is 5.56 Å². The predicted molar refractivity (Wildman–Crippen MR) is 70.6 cm³/mol. The Bertz CT molecular complexity index is 574. The van der Waals surface area contributed by atoms with Gasteiger partial charge in [0.2, 0.25) is 0 Å². The summed E-state index contributed by atoms with van der Waals surface area (Å²) in [7, 11) is 0. The van der Waals surface area contributed by atoms with Gasteiger partial charge in [0, 0.05) is 19.6 Å². The van der Waals surface area contributed by atoms with Gasteiger partial charge in [-0.25, -0.2) is 4.68 Å². The molecule has 104 valence electrons. The molecule has 2 heterocycles. The fourth-order valence-corrected chi connectivity index (χ4v) is 2.38. The molecule has 0 aliphatic carbocycles. The number of nitrogens with two attached hydrogens (primary N) is 1. The Balaban J connectivity index is 2.33. The number of hydrogen-bond acceptors (Lipinski definition) is 5. The van der Waals surface area contributed by atoms with E-state index in [4.69, 9.17) is 22.4 Å². The lowest BCUT2D eigenvalue weighted by molar-refractivity contribution is -0.142. The molecular formula is C11H15ClN4O3. The zero-order valence-electron chi connectivity index (χ0n) is 10.5. The van der Waals surface area contributed by atoms with Crippen LogP contribution in [-0.4, -0.2) is 39.5 Å². The fourth-order valence-electron chi connectivity index (χ4n) is 2.12. The molecule has 1 saturated heterocycles. The molecule has 0 aromatic carbocycles. The summed E-state index contributed by atoms with van der Waals surface area (Å²) in [4.78, 5) is 24.6. The van der Waals surface area contributed by atoms with Gasteiger partial charge in [0.15, 0.2) is 0 Å². The van der Waals surface area contributed by atoms with Crippen molar-refractivity contribution in [2.24, 2.45) is 5.73 Å². The number of aryl methyl sites for hydroxylation is 1. The summed E-state index contributed by atoms with van der Waals surface area (Å²) in [5.41, 5.74) is 4.54. The fraction of sp³-hybridized carbons (Fsp3) is 0.545. The first-order valence-electron chi connectivity index (χ1n) is 5.92. The van der Waals surface area contributed by atoms with Crippen LogP contribution in [0.25, 0.3) is 0 Å². The van der Waals surface area contributed by atoms with Crippen molar-refractivity contribution in [3.05, 3.63) is 21.6 Å². The van der Waals surface area contributed by atoms with Crippen LogP contribution in [0.1, 0.15) is 13.3 Å². The van der Waals surface area contributed by atoms with Crippen molar-refractivity contribution in [1.82, 2.24) is 9.78 Å². The highest BCUT2D eigenvalue weighted by Gasteiger charge is 2.42. The summed E-state index contributed by atoms with van der Waals surface area (Å²) in [5, 5.41) is 13.1. The van der Waals surface area contributed by atoms with E-state index >= 15 is 0 Å². The van der Waals surface area contributed by atoms with Gasteiger partial charge in [-0.1, -0.05) is 11.6 Å². The molecule has 0 bridgehead atoms. The number of rotatable bonds is 3. The number of aliphatic carboxylic acids is 1. The summed E-state index contributed by atoms with van der Waals surface area (Å²) in [5.74, 6) is -1.05. The molecular weight excluding hydrogens is 272 g/mol. The Labute approximate surface area is 114 Å². The average Bonchev–Trinajstić information content (AvgIpc) is 2.76. The Morgan fingerprint density at radius 2 is 2.37 bits per heavy atom. The molecule has 1 aromatic rings. The quantitative estimate of drug-likeness (QED) is 0.805. The summed E-state index contributed by atoms with van der Waals surface area (Å²) >= 11 is 6.03. The van der Waals surface area contributed by atoms with Gasteiger partial charge in [-0.3, -0.25) is 9.59 Å². The van der Waals surface area contributed by atoms with E-state index < -0.39 is 11.5 Å². The highest BCUT2D eigenvalue weighted by atomic mass is 35.5. The lowest BCUT2D eigenvalue weighted by atomic mass is 10.0. The first-order valence-corrected chi connectivity index (χ1v) is 6.29. The van der Waals surface area contributed by atoms with E-state index in [9.17, 15) is 9.59 Å². The minimum Gasteiger partial charge on any atom is -0.480 e. The van der Waals surface area contributed by atoms with E-state index in [-0.39, 0.29) is 17.1 Å². The number of aromatic nitrogens is 2. The van der Waals surface area contributed by atoms with Gasteiger partial charge in [0.1, 0.15) is 10.6 Å². The van der Waals surface area contributed by atoms with E-state index in [0.29, 0.717) is 25.2 Å². The molecule has 0 saturated carbocycles. The van der Waals surface area contributed by atoms with Crippen molar-refractivity contribution >= 4 is 23.3 Å². The number of nitrogens with zero attached hydrogens (tertiary/aromatic N) is 3. The van der Waals surface area contributed by atoms with Gasteiger partial charge >= 0.3 is 5.97 Å². The third kappa shape index (κ3) is 2.31. The monoisotopic (exact) mass is 286 g/mol. The van der Waals surface area contributed by atoms with Crippen molar-refractivity contribution in [2.75, 3.05) is 18.0 Å². The number of anilines is 1. The Hall–Kier alpha value is -1.60. The van der Waals surface area contributed by atoms with Crippen LogP contribution in [0.2, 0.25) is 5.02 Å². The molecule has 1 atom stereocenters. The first kappa shape index (κ1) is 13.8. The molecule has 19 heavy (non-hydrogen) atoms. The number of carbonyl (C=O) groups is 1. The molecule has 1 unspecified atom stereocenters. The maximum atomic E-state index is 11.9. The van der Waals surface area contributed by atoms with Crippen LogP contribution in [0, 0.1) is 0 Å². The smallest absolute Gasteiger partial charge is 0.325 e. The SMILES string of the molecule is CCn1ncc(N2CCC(N)(C(=O)O)C2)c(Cl)c1=O. The van der Waals surface area contributed by atoms with Crippen molar-refractivity contribution in [2.45, 2.75) is 25.4 Å². The van der Waals surface area contributed by atoms with Gasteiger partial charge in [-0.2, -0.15) is 5.10 Å². The van der Waals surface area contributed by atoms with Gasteiger partial charge in [0.05, 0.1) is 11.9 Å². The van der Waals surface area contributed by atoms with E-state index in [0.717, 1.165) is 0 Å². The van der Waals surface area contributed by atoms with Crippen LogP contribution in [-0.2, 0) is 11.3 Å².